The van der Waals surface area contributed by atoms with Crippen molar-refractivity contribution in [1.29, 1.82) is 0 Å². The number of aromatic carboxylic acids is 1. The van der Waals surface area contributed by atoms with Crippen LogP contribution in [0.5, 0.6) is 23.0 Å². The Hall–Kier alpha value is -8.79. The van der Waals surface area contributed by atoms with E-state index >= 15 is 0 Å². The van der Waals surface area contributed by atoms with Gasteiger partial charge in [0, 0.05) is 29.4 Å². The van der Waals surface area contributed by atoms with Crippen molar-refractivity contribution in [3.8, 4) is 72.4 Å². The second-order valence-electron chi connectivity index (χ2n) is 16.1. The molecule has 2 aliphatic heterocycles. The quantitative estimate of drug-likeness (QED) is 0.0243. The molecule has 0 fully saturated rings. The van der Waals surface area contributed by atoms with Crippen molar-refractivity contribution in [2.24, 2.45) is 9.98 Å². The van der Waals surface area contributed by atoms with Crippen LogP contribution in [-0.2, 0) is 42.9 Å². The van der Waals surface area contributed by atoms with Gasteiger partial charge in [0.05, 0.1) is 56.2 Å². The number of rotatable bonds is 12. The van der Waals surface area contributed by atoms with Crippen molar-refractivity contribution in [3.05, 3.63) is 117 Å². The second-order valence-corrected chi connectivity index (χ2v) is 16.3. The molecule has 10 N–H and O–H groups in total. The number of hydrogen-bond donors (Lipinski definition) is 10. The maximum atomic E-state index is 12.0. The Morgan fingerprint density at radius 2 is 0.963 bits per heavy atom. The molecule has 6 rings (SSSR count). The van der Waals surface area contributed by atoms with Crippen LogP contribution in [0.2, 0.25) is 0 Å². The number of methoxy groups -OCH3 is 3. The van der Waals surface area contributed by atoms with Gasteiger partial charge in [-0.15, -0.1) is 25.7 Å². The van der Waals surface area contributed by atoms with E-state index in [1.807, 2.05) is 0 Å². The maximum absolute atomic E-state index is 12.0. The number of carbonyl (C=O) groups excluding carboxylic acids is 5. The van der Waals surface area contributed by atoms with E-state index in [0.717, 1.165) is 14.2 Å². The monoisotopic (exact) mass is 1160 g/mol. The van der Waals surface area contributed by atoms with E-state index in [1.54, 1.807) is 32.0 Å². The number of aliphatic carboxylic acids is 1. The van der Waals surface area contributed by atoms with Gasteiger partial charge < -0.3 is 79.8 Å². The molecule has 0 radical (unpaired) electrons. The maximum Gasteiger partial charge on any atom is 1.00 e. The fourth-order valence-electron chi connectivity index (χ4n) is 6.28. The number of carboxylic acids is 2. The molecule has 4 aromatic carbocycles. The molecule has 4 aromatic rings. The third-order valence-electron chi connectivity index (χ3n) is 10.6. The number of aliphatic hydroxyl groups excluding tert-OH is 3. The first-order valence-corrected chi connectivity index (χ1v) is 23.5. The van der Waals surface area contributed by atoms with E-state index in [4.69, 9.17) is 67.4 Å². The Balaban J connectivity index is 0.00000101. The van der Waals surface area contributed by atoms with Gasteiger partial charge in [0.2, 0.25) is 11.8 Å². The number of aromatic hydroxyl groups is 4. The summed E-state index contributed by atoms with van der Waals surface area (Å²) in [5.74, 6) is 3.89. The normalized spacial score (nSPS) is 16.2. The summed E-state index contributed by atoms with van der Waals surface area (Å²) < 4.78 is 24.2. The topological polar surface area (TPSA) is 382 Å². The number of hydrogen-bond acceptors (Lipinski definition) is 22. The molecule has 0 spiro atoms. The summed E-state index contributed by atoms with van der Waals surface area (Å²) in [6, 6.07) is 13.4. The number of nitrogens with zero attached hydrogens (tertiary/aromatic N) is 2. The van der Waals surface area contributed by atoms with Gasteiger partial charge in [-0.05, 0) is 112 Å². The van der Waals surface area contributed by atoms with Crippen LogP contribution >= 0.6 is 11.8 Å². The number of phenolic OH excluding ortho intramolecular Hbond substituents is 3. The fraction of sp³-hybridized carbons (Fsp3) is 0.286. The van der Waals surface area contributed by atoms with E-state index in [9.17, 15) is 54.3 Å². The molecule has 0 bridgehead atoms. The van der Waals surface area contributed by atoms with Crippen LogP contribution in [0.25, 0.3) is 0 Å². The molecular weight excluding hydrogens is 1110 g/mol. The van der Waals surface area contributed by atoms with Crippen LogP contribution in [0.4, 0.5) is 0 Å². The smallest absolute Gasteiger partial charge is 0.548 e. The number of carbonyl (C=O) groups is 6. The van der Waals surface area contributed by atoms with Crippen LogP contribution in [0.1, 0.15) is 81.8 Å². The van der Waals surface area contributed by atoms with E-state index in [-0.39, 0.29) is 75.5 Å². The molecule has 2 aliphatic rings. The van der Waals surface area contributed by atoms with Gasteiger partial charge in [0.25, 0.3) is 5.91 Å². The van der Waals surface area contributed by atoms with Crippen molar-refractivity contribution in [2.45, 2.75) is 76.3 Å². The van der Waals surface area contributed by atoms with Crippen molar-refractivity contribution < 1.29 is 128 Å². The van der Waals surface area contributed by atoms with Crippen molar-refractivity contribution >= 4 is 59.3 Å². The van der Waals surface area contributed by atoms with Gasteiger partial charge in [0.15, 0.2) is 12.1 Å². The number of aliphatic imine (C=N–C) groups is 2. The molecule has 8 atom stereocenters. The fourth-order valence-corrected chi connectivity index (χ4v) is 6.55. The van der Waals surface area contributed by atoms with Gasteiger partial charge in [-0.3, -0.25) is 9.59 Å². The van der Waals surface area contributed by atoms with Crippen molar-refractivity contribution in [2.75, 3.05) is 28.4 Å². The molecule has 0 saturated heterocycles. The van der Waals surface area contributed by atoms with Crippen LogP contribution in [0.15, 0.2) is 82.8 Å². The van der Waals surface area contributed by atoms with Gasteiger partial charge >= 0.3 is 53.4 Å². The Morgan fingerprint density at radius 3 is 1.26 bits per heavy atom. The summed E-state index contributed by atoms with van der Waals surface area (Å²) >= 11 is 5.13. The zero-order chi connectivity index (χ0) is 61.8. The molecule has 430 valence electrons. The van der Waals surface area contributed by atoms with E-state index in [0.29, 0.717) is 33.4 Å². The molecule has 82 heavy (non-hydrogen) atoms. The zero-order valence-corrected chi connectivity index (χ0v) is 48.4. The van der Waals surface area contributed by atoms with Crippen LogP contribution in [0.3, 0.4) is 0 Å². The molecule has 24 nitrogen and oxygen atoms in total. The second kappa shape index (κ2) is 36.5. The molecule has 0 aromatic heterocycles. The largest absolute Gasteiger partial charge is 1.00 e. The summed E-state index contributed by atoms with van der Waals surface area (Å²) in [6.07, 6.45) is 17.6. The first-order chi connectivity index (χ1) is 38.3. The Morgan fingerprint density at radius 1 is 0.610 bits per heavy atom. The number of phenols is 4. The number of ether oxygens (including phenoxy) is 5. The van der Waals surface area contributed by atoms with Gasteiger partial charge in [-0.25, -0.2) is 29.2 Å². The first kappa shape index (κ1) is 73.2. The average molecular weight is 1170 g/mol. The number of aliphatic hydroxyl groups is 3. The number of nitrogens with one attached hydrogen (secondary N) is 2. The van der Waals surface area contributed by atoms with Crippen LogP contribution in [0, 0.1) is 49.4 Å². The molecule has 0 unspecified atom stereocenters. The number of esters is 3. The van der Waals surface area contributed by atoms with Gasteiger partial charge in [0.1, 0.15) is 52.9 Å². The summed E-state index contributed by atoms with van der Waals surface area (Å²) in [5, 5.41) is 85.4. The number of benzene rings is 4. The van der Waals surface area contributed by atoms with Crippen LogP contribution < -0.4 is 44.8 Å². The van der Waals surface area contributed by atoms with Gasteiger partial charge in [-0.1, -0.05) is 23.7 Å². The van der Waals surface area contributed by atoms with E-state index < -0.39 is 84.3 Å². The zero-order valence-electron chi connectivity index (χ0n) is 45.6. The summed E-state index contributed by atoms with van der Waals surface area (Å²) in [4.78, 5) is 76.8. The Kier molecular flexibility index (Phi) is 32.6. The SMILES string of the molecule is C#Cc1ccc(C(=O)N[C@H](C(=O)OC)[C@@H](C)O)c(O)c1.C#Cc1ccc(C(=O)O)c(O)c1.C#Cc1ccc(C2=N[C@@H](C(=O)OC)[C@@H](C)O2)c(O)c1.C#Cc1ccc(C2=N[C@@H](C(=O)[O-])[C@H](C)O2)c(O)c1.CO.COC(=O)[C@@H](NCl)[C@@H](C)O.[Na+]. The number of amides is 1. The third kappa shape index (κ3) is 21.7. The average Bonchev–Trinajstić information content (AvgIpc) is 4.04. The number of halogens is 1. The van der Waals surface area contributed by atoms with Crippen molar-refractivity contribution in [1.82, 2.24) is 10.2 Å². The predicted molar refractivity (Wildman–Crippen MR) is 289 cm³/mol. The Labute approximate surface area is 499 Å². The van der Waals surface area contributed by atoms with Crippen LogP contribution in [-0.4, -0.2) is 165 Å². The predicted octanol–water partition coefficient (Wildman–Crippen LogP) is -1.90. The minimum Gasteiger partial charge on any atom is -0.548 e. The number of terminal acetylenes is 4. The van der Waals surface area contributed by atoms with E-state index in [2.05, 4.69) is 58.0 Å². The summed E-state index contributed by atoms with van der Waals surface area (Å²) in [6.45, 7) is 6.06. The molecule has 0 aliphatic carbocycles. The molecule has 2 heterocycles. The van der Waals surface area contributed by atoms with E-state index in [1.165, 1.54) is 82.7 Å². The summed E-state index contributed by atoms with van der Waals surface area (Å²) in [7, 11) is 4.66. The minimum atomic E-state index is -1.31. The minimum absolute atomic E-state index is 0. The Bertz CT molecular complexity index is 3120. The molecular formula is C56H58ClN4NaO20. The number of carboxylic acid groups (broad SMARTS) is 2. The van der Waals surface area contributed by atoms with Gasteiger partial charge in [-0.2, -0.15) is 0 Å². The van der Waals surface area contributed by atoms with Crippen molar-refractivity contribution in [3.63, 3.8) is 0 Å². The molecule has 26 heteroatoms. The summed E-state index contributed by atoms with van der Waals surface area (Å²) in [5.41, 5.74) is 2.45. The first-order valence-electron chi connectivity index (χ1n) is 23.1. The standard InChI is InChI=1S/C14H15NO5.C14H13NO4.C13H11NO4.C9H6O3.C5H10ClNO3.CH4O.Na/c1-4-9-5-6-10(11(17)7-9)13(18)15-12(8(2)16)14(19)20-3;1-4-9-5-6-10(11(16)7-9)13-15-12(8(2)19-13)14(17)18-3;1-3-8-4-5-9(10(15)6-8)12-14-11(13(16)17)7(2)18-12;1-2-6-3-4-7(9(11)12)8(10)5-6;1-3(8)4(7-6)5(9)10-2;1-2;/h1,5-8,12,16-17H,2-3H3,(H,15,18);1,5-8,12,16H,2-3H3;1,4-7,11,15H,2H3,(H,16,17);1,3-5,10H,(H,11,12);3-4,7-8H,1-2H3;2H,1H3;/q;;;;;;+1/p-1/t8-,12+;8-,12-;7-,11+;;3-,4+;;/m110.1../s1. The molecule has 1 amide bonds. The third-order valence-corrected chi connectivity index (χ3v) is 10.8. The molecule has 0 saturated carbocycles.